The van der Waals surface area contributed by atoms with E-state index in [0.29, 0.717) is 20.9 Å². The van der Waals surface area contributed by atoms with Gasteiger partial charge in [0.05, 0.1) is 29.0 Å². The molecular weight excluding hydrogens is 371 g/mol. The molecule has 24 heavy (non-hydrogen) atoms. The predicted molar refractivity (Wildman–Crippen MR) is 97.3 cm³/mol. The first kappa shape index (κ1) is 17.4. The minimum Gasteiger partial charge on any atom is -0.379 e. The van der Waals surface area contributed by atoms with E-state index < -0.39 is 0 Å². The summed E-state index contributed by atoms with van der Waals surface area (Å²) in [6.45, 7) is 4.06. The second-order valence-electron chi connectivity index (χ2n) is 5.24. The number of benzene rings is 1. The molecular formula is C15H16Cl2N4O2S. The van der Waals surface area contributed by atoms with Crippen molar-refractivity contribution in [2.75, 3.05) is 36.9 Å². The van der Waals surface area contributed by atoms with Gasteiger partial charge in [-0.1, -0.05) is 23.2 Å². The van der Waals surface area contributed by atoms with Crippen LogP contribution in [0.4, 0.5) is 15.6 Å². The van der Waals surface area contributed by atoms with Crippen LogP contribution in [0.5, 0.6) is 0 Å². The van der Waals surface area contributed by atoms with E-state index in [1.807, 2.05) is 5.38 Å². The zero-order valence-corrected chi connectivity index (χ0v) is 15.0. The van der Waals surface area contributed by atoms with Gasteiger partial charge in [-0.15, -0.1) is 11.3 Å². The van der Waals surface area contributed by atoms with Crippen LogP contribution >= 0.6 is 34.5 Å². The minimum atomic E-state index is -0.374. The van der Waals surface area contributed by atoms with Crippen molar-refractivity contribution >= 4 is 51.4 Å². The molecule has 128 valence electrons. The number of morpholine rings is 1. The van der Waals surface area contributed by atoms with Crippen molar-refractivity contribution in [1.29, 1.82) is 0 Å². The summed E-state index contributed by atoms with van der Waals surface area (Å²) in [5, 5.41) is 8.74. The summed E-state index contributed by atoms with van der Waals surface area (Å²) in [7, 11) is 0. The molecule has 1 aromatic heterocycles. The Labute approximate surface area is 153 Å². The van der Waals surface area contributed by atoms with Gasteiger partial charge in [-0.2, -0.15) is 0 Å². The van der Waals surface area contributed by atoms with Crippen molar-refractivity contribution in [3.63, 3.8) is 0 Å². The van der Waals surface area contributed by atoms with E-state index in [1.165, 1.54) is 11.3 Å². The summed E-state index contributed by atoms with van der Waals surface area (Å²) in [6, 6.07) is 4.53. The van der Waals surface area contributed by atoms with Crippen LogP contribution < -0.4 is 10.6 Å². The molecule has 2 N–H and O–H groups in total. The topological polar surface area (TPSA) is 66.5 Å². The van der Waals surface area contributed by atoms with Crippen LogP contribution in [0.1, 0.15) is 5.69 Å². The van der Waals surface area contributed by atoms with Gasteiger partial charge in [-0.25, -0.2) is 9.78 Å². The number of aromatic nitrogens is 1. The average molecular weight is 387 g/mol. The van der Waals surface area contributed by atoms with Gasteiger partial charge in [0.2, 0.25) is 0 Å². The lowest BCUT2D eigenvalue weighted by Gasteiger charge is -2.25. The Morgan fingerprint density at radius 2 is 2.04 bits per heavy atom. The van der Waals surface area contributed by atoms with Crippen LogP contribution in [0, 0.1) is 0 Å². The molecule has 0 aliphatic carbocycles. The van der Waals surface area contributed by atoms with Crippen molar-refractivity contribution < 1.29 is 9.53 Å². The lowest BCUT2D eigenvalue weighted by Crippen LogP contribution is -2.35. The van der Waals surface area contributed by atoms with E-state index in [0.717, 1.165) is 38.5 Å². The number of nitrogens with zero attached hydrogens (tertiary/aromatic N) is 2. The SMILES string of the molecule is O=C(Nc1ccc(Cl)c(Cl)c1)Nc1nc(CN2CCOCC2)cs1. The zero-order valence-electron chi connectivity index (χ0n) is 12.7. The molecule has 0 bridgehead atoms. The Bertz CT molecular complexity index is 719. The highest BCUT2D eigenvalue weighted by Gasteiger charge is 2.13. The maximum absolute atomic E-state index is 12.0. The number of ether oxygens (including phenoxy) is 1. The van der Waals surface area contributed by atoms with E-state index in [1.54, 1.807) is 18.2 Å². The fourth-order valence-electron chi connectivity index (χ4n) is 2.26. The number of urea groups is 1. The van der Waals surface area contributed by atoms with E-state index >= 15 is 0 Å². The first-order valence-electron chi connectivity index (χ1n) is 7.38. The Morgan fingerprint density at radius 1 is 1.25 bits per heavy atom. The number of hydrogen-bond donors (Lipinski definition) is 2. The number of rotatable bonds is 4. The fraction of sp³-hybridized carbons (Fsp3) is 0.333. The van der Waals surface area contributed by atoms with Crippen molar-refractivity contribution in [1.82, 2.24) is 9.88 Å². The number of anilines is 2. The van der Waals surface area contributed by atoms with Crippen LogP contribution in [-0.4, -0.2) is 42.2 Å². The summed E-state index contributed by atoms with van der Waals surface area (Å²) in [6.07, 6.45) is 0. The molecule has 0 atom stereocenters. The summed E-state index contributed by atoms with van der Waals surface area (Å²) in [5.41, 5.74) is 1.50. The fourth-order valence-corrected chi connectivity index (χ4v) is 3.25. The highest BCUT2D eigenvalue weighted by atomic mass is 35.5. The van der Waals surface area contributed by atoms with Gasteiger partial charge >= 0.3 is 6.03 Å². The van der Waals surface area contributed by atoms with Crippen LogP contribution in [0.2, 0.25) is 10.0 Å². The lowest BCUT2D eigenvalue weighted by atomic mass is 10.3. The smallest absolute Gasteiger partial charge is 0.325 e. The molecule has 0 saturated carbocycles. The third-order valence-electron chi connectivity index (χ3n) is 3.44. The van der Waals surface area contributed by atoms with Crippen molar-refractivity contribution in [3.05, 3.63) is 39.3 Å². The Kier molecular flexibility index (Phi) is 5.91. The number of hydrogen-bond acceptors (Lipinski definition) is 5. The molecule has 1 fully saturated rings. The van der Waals surface area contributed by atoms with E-state index in [2.05, 4.69) is 20.5 Å². The van der Waals surface area contributed by atoms with Crippen molar-refractivity contribution in [2.45, 2.75) is 6.54 Å². The number of carbonyl (C=O) groups is 1. The molecule has 2 amide bonds. The molecule has 1 aliphatic rings. The van der Waals surface area contributed by atoms with Gasteiger partial charge in [0.15, 0.2) is 5.13 Å². The van der Waals surface area contributed by atoms with Gasteiger partial charge in [-0.05, 0) is 18.2 Å². The molecule has 0 radical (unpaired) electrons. The number of halogens is 2. The molecule has 6 nitrogen and oxygen atoms in total. The number of carbonyl (C=O) groups excluding carboxylic acids is 1. The maximum Gasteiger partial charge on any atom is 0.325 e. The number of nitrogens with one attached hydrogen (secondary N) is 2. The quantitative estimate of drug-likeness (QED) is 0.835. The molecule has 2 aromatic rings. The molecule has 2 heterocycles. The third-order valence-corrected chi connectivity index (χ3v) is 4.98. The Hall–Kier alpha value is -1.38. The van der Waals surface area contributed by atoms with Crippen molar-refractivity contribution in [2.24, 2.45) is 0 Å². The van der Waals surface area contributed by atoms with Gasteiger partial charge in [0.1, 0.15) is 0 Å². The van der Waals surface area contributed by atoms with Gasteiger partial charge < -0.3 is 10.1 Å². The highest BCUT2D eigenvalue weighted by molar-refractivity contribution is 7.13. The van der Waals surface area contributed by atoms with Crippen LogP contribution in [0.3, 0.4) is 0 Å². The summed E-state index contributed by atoms with van der Waals surface area (Å²) < 4.78 is 5.33. The van der Waals surface area contributed by atoms with Crippen LogP contribution in [0.15, 0.2) is 23.6 Å². The minimum absolute atomic E-state index is 0.374. The second-order valence-corrected chi connectivity index (χ2v) is 6.91. The normalized spacial score (nSPS) is 15.2. The van der Waals surface area contributed by atoms with Gasteiger partial charge in [-0.3, -0.25) is 10.2 Å². The van der Waals surface area contributed by atoms with E-state index in [9.17, 15) is 4.79 Å². The highest BCUT2D eigenvalue weighted by Crippen LogP contribution is 2.25. The monoisotopic (exact) mass is 386 g/mol. The van der Waals surface area contributed by atoms with Crippen LogP contribution in [0.25, 0.3) is 0 Å². The number of thiazole rings is 1. The molecule has 1 aromatic carbocycles. The van der Waals surface area contributed by atoms with Gasteiger partial charge in [0, 0.05) is 30.7 Å². The summed E-state index contributed by atoms with van der Waals surface area (Å²) >= 11 is 13.2. The van der Waals surface area contributed by atoms with Gasteiger partial charge in [0.25, 0.3) is 0 Å². The zero-order chi connectivity index (χ0) is 16.9. The largest absolute Gasteiger partial charge is 0.379 e. The molecule has 9 heteroatoms. The first-order valence-corrected chi connectivity index (χ1v) is 9.01. The maximum atomic E-state index is 12.0. The molecule has 0 spiro atoms. The van der Waals surface area contributed by atoms with E-state index in [4.69, 9.17) is 27.9 Å². The second kappa shape index (κ2) is 8.13. The molecule has 3 rings (SSSR count). The Morgan fingerprint density at radius 3 is 2.79 bits per heavy atom. The lowest BCUT2D eigenvalue weighted by molar-refractivity contribution is 0.0337. The first-order chi connectivity index (χ1) is 11.6. The van der Waals surface area contributed by atoms with Crippen LogP contribution in [-0.2, 0) is 11.3 Å². The molecule has 1 saturated heterocycles. The standard InChI is InChI=1S/C15H16Cl2N4O2S/c16-12-2-1-10(7-13(12)17)18-14(22)20-15-19-11(9-24-15)8-21-3-5-23-6-4-21/h1-2,7,9H,3-6,8H2,(H2,18,19,20,22). The van der Waals surface area contributed by atoms with Crippen molar-refractivity contribution in [3.8, 4) is 0 Å². The average Bonchev–Trinajstić information content (AvgIpc) is 2.99. The molecule has 0 unspecified atom stereocenters. The number of amides is 2. The summed E-state index contributed by atoms with van der Waals surface area (Å²) in [5.74, 6) is 0. The molecule has 1 aliphatic heterocycles. The summed E-state index contributed by atoms with van der Waals surface area (Å²) in [4.78, 5) is 18.7. The van der Waals surface area contributed by atoms with E-state index in [-0.39, 0.29) is 6.03 Å². The Balaban J connectivity index is 1.53. The predicted octanol–water partition coefficient (Wildman–Crippen LogP) is 3.93. The third kappa shape index (κ3) is 4.81.